The number of amides is 1. The van der Waals surface area contributed by atoms with Crippen LogP contribution in [0.25, 0.3) is 0 Å². The number of carbonyl (C=O) groups is 2. The van der Waals surface area contributed by atoms with Crippen molar-refractivity contribution in [2.24, 2.45) is 0 Å². The number of nitrogens with one attached hydrogen (secondary N) is 1. The van der Waals surface area contributed by atoms with Crippen LogP contribution >= 0.6 is 7.82 Å². The lowest BCUT2D eigenvalue weighted by Crippen LogP contribution is -2.47. The number of phosphoric acid groups is 1. The second-order valence-electron chi connectivity index (χ2n) is 21.1. The van der Waals surface area contributed by atoms with Crippen molar-refractivity contribution in [3.8, 4) is 0 Å². The third-order valence-electron chi connectivity index (χ3n) is 13.0. The molecule has 0 heterocycles. The van der Waals surface area contributed by atoms with Crippen LogP contribution in [0.3, 0.4) is 0 Å². The second-order valence-corrected chi connectivity index (χ2v) is 22.6. The van der Waals surface area contributed by atoms with Gasteiger partial charge in [-0.25, -0.2) is 4.57 Å². The number of carbonyl (C=O) groups excluding carboxylic acids is 2. The van der Waals surface area contributed by atoms with E-state index in [0.29, 0.717) is 17.4 Å². The highest BCUT2D eigenvalue weighted by Crippen LogP contribution is 2.43. The number of nitrogens with zero attached hydrogens (tertiary/aromatic N) is 1. The standard InChI is InChI=1S/C60H113N2O7P/c1-7-10-13-16-19-22-25-28-30-31-32-35-38-41-44-47-50-53-60(64)69-58(51-48-45-42-39-36-33-27-24-21-18-15-12-9-3)57(56-68-70(65,66)67-55-54-62(4,5)6)61-59(63)52-49-46-43-40-37-34-29-26-23-20-17-14-11-8-2/h11,14,20,23,29,34,48,51,57-58H,7-10,12-13,15-19,21-22,24-28,30-33,35-47,49-50,52-56H2,1-6H3,(H-,61,63,65,66)/p+1/b14-11+,23-20+,34-29+,51-48+. The van der Waals surface area contributed by atoms with E-state index in [1.807, 2.05) is 33.3 Å². The van der Waals surface area contributed by atoms with Crippen molar-refractivity contribution >= 4 is 19.7 Å². The zero-order valence-corrected chi connectivity index (χ0v) is 47.7. The molecule has 0 rings (SSSR count). The maximum absolute atomic E-state index is 13.5. The summed E-state index contributed by atoms with van der Waals surface area (Å²) in [5, 5.41) is 3.04. The number of quaternary nitrogens is 1. The highest BCUT2D eigenvalue weighted by atomic mass is 31.2. The topological polar surface area (TPSA) is 111 Å². The van der Waals surface area contributed by atoms with E-state index in [1.165, 1.54) is 148 Å². The van der Waals surface area contributed by atoms with Gasteiger partial charge in [0.25, 0.3) is 0 Å². The fraction of sp³-hybridized carbons (Fsp3) is 0.833. The predicted octanol–water partition coefficient (Wildman–Crippen LogP) is 17.7. The highest BCUT2D eigenvalue weighted by molar-refractivity contribution is 7.47. The monoisotopic (exact) mass is 1010 g/mol. The van der Waals surface area contributed by atoms with Gasteiger partial charge in [0, 0.05) is 12.8 Å². The van der Waals surface area contributed by atoms with Gasteiger partial charge < -0.3 is 19.4 Å². The quantitative estimate of drug-likeness (QED) is 0.0205. The van der Waals surface area contributed by atoms with E-state index in [4.69, 9.17) is 13.8 Å². The summed E-state index contributed by atoms with van der Waals surface area (Å²) in [6.45, 7) is 6.90. The molecule has 3 unspecified atom stereocenters. The zero-order chi connectivity index (χ0) is 51.5. The lowest BCUT2D eigenvalue weighted by Gasteiger charge is -2.27. The van der Waals surface area contributed by atoms with Crippen LogP contribution in [0.2, 0.25) is 0 Å². The van der Waals surface area contributed by atoms with Gasteiger partial charge >= 0.3 is 13.8 Å². The average Bonchev–Trinajstić information content (AvgIpc) is 3.32. The molecule has 0 aromatic rings. The Kier molecular flexibility index (Phi) is 49.0. The molecule has 0 spiro atoms. The summed E-state index contributed by atoms with van der Waals surface area (Å²) in [7, 11) is 1.48. The number of likely N-dealkylation sites (N-methyl/N-ethyl adjacent to an activating group) is 1. The second kappa shape index (κ2) is 50.5. The van der Waals surface area contributed by atoms with Crippen LogP contribution in [-0.2, 0) is 27.9 Å². The molecule has 0 aromatic carbocycles. The first kappa shape index (κ1) is 68.0. The Balaban J connectivity index is 5.35. The number of rotatable bonds is 53. The molecule has 410 valence electrons. The molecule has 0 aliphatic rings. The van der Waals surface area contributed by atoms with E-state index in [0.717, 1.165) is 89.9 Å². The highest BCUT2D eigenvalue weighted by Gasteiger charge is 2.30. The van der Waals surface area contributed by atoms with Gasteiger partial charge in [0.1, 0.15) is 19.3 Å². The lowest BCUT2D eigenvalue weighted by atomic mass is 10.0. The molecule has 0 bridgehead atoms. The maximum atomic E-state index is 13.5. The van der Waals surface area contributed by atoms with Crippen molar-refractivity contribution in [1.29, 1.82) is 0 Å². The molecule has 10 heteroatoms. The van der Waals surface area contributed by atoms with Gasteiger partial charge in [0.2, 0.25) is 5.91 Å². The molecule has 1 amide bonds. The van der Waals surface area contributed by atoms with Crippen LogP contribution < -0.4 is 5.32 Å². The van der Waals surface area contributed by atoms with Gasteiger partial charge in [-0.2, -0.15) is 0 Å². The molecule has 0 aromatic heterocycles. The van der Waals surface area contributed by atoms with Gasteiger partial charge in [-0.3, -0.25) is 18.6 Å². The van der Waals surface area contributed by atoms with Crippen molar-refractivity contribution in [3.63, 3.8) is 0 Å². The minimum Gasteiger partial charge on any atom is -0.456 e. The largest absolute Gasteiger partial charge is 0.472 e. The first-order valence-corrected chi connectivity index (χ1v) is 31.0. The molecule has 9 nitrogen and oxygen atoms in total. The van der Waals surface area contributed by atoms with Gasteiger partial charge in [-0.15, -0.1) is 0 Å². The molecule has 70 heavy (non-hydrogen) atoms. The van der Waals surface area contributed by atoms with Crippen molar-refractivity contribution in [2.45, 2.75) is 283 Å². The molecule has 0 saturated carbocycles. The van der Waals surface area contributed by atoms with Crippen LogP contribution in [0.15, 0.2) is 48.6 Å². The minimum atomic E-state index is -4.45. The van der Waals surface area contributed by atoms with Crippen molar-refractivity contribution in [1.82, 2.24) is 5.32 Å². The summed E-state index contributed by atoms with van der Waals surface area (Å²) < 4.78 is 30.6. The van der Waals surface area contributed by atoms with Crippen LogP contribution in [0.5, 0.6) is 0 Å². The van der Waals surface area contributed by atoms with Crippen molar-refractivity contribution in [2.75, 3.05) is 40.9 Å². The Hall–Kier alpha value is -2.03. The van der Waals surface area contributed by atoms with E-state index < -0.39 is 20.0 Å². The molecular weight excluding hydrogens is 892 g/mol. The zero-order valence-electron chi connectivity index (χ0n) is 46.8. The first-order valence-electron chi connectivity index (χ1n) is 29.5. The van der Waals surface area contributed by atoms with Crippen LogP contribution in [0.1, 0.15) is 271 Å². The van der Waals surface area contributed by atoms with E-state index in [9.17, 15) is 19.0 Å². The number of unbranched alkanes of at least 4 members (excludes halogenated alkanes) is 31. The Morgan fingerprint density at radius 3 is 1.37 bits per heavy atom. The summed E-state index contributed by atoms with van der Waals surface area (Å²) in [5.74, 6) is -0.522. The molecule has 0 saturated heterocycles. The summed E-state index contributed by atoms with van der Waals surface area (Å²) in [6, 6.07) is -0.857. The SMILES string of the molecule is CC/C=C/C/C=C/C/C=C/CCCCCCC(=O)NC(COP(=O)(O)OCC[N+](C)(C)C)C(/C=C/CCCCCCCCCCCCC)OC(=O)CCCCCCCCCCCCCCCCCCC. The summed E-state index contributed by atoms with van der Waals surface area (Å²) >= 11 is 0. The number of phosphoric ester groups is 1. The minimum absolute atomic E-state index is 0.0364. The van der Waals surface area contributed by atoms with E-state index in [2.05, 4.69) is 62.5 Å². The summed E-state index contributed by atoms with van der Waals surface area (Å²) in [4.78, 5) is 37.6. The fourth-order valence-corrected chi connectivity index (χ4v) is 9.22. The van der Waals surface area contributed by atoms with Crippen LogP contribution in [-0.4, -0.2) is 74.3 Å². The molecule has 3 atom stereocenters. The smallest absolute Gasteiger partial charge is 0.456 e. The third kappa shape index (κ3) is 50.9. The van der Waals surface area contributed by atoms with Crippen LogP contribution in [0, 0.1) is 0 Å². The normalized spacial score (nSPS) is 14.1. The van der Waals surface area contributed by atoms with E-state index in [1.54, 1.807) is 0 Å². The van der Waals surface area contributed by atoms with Gasteiger partial charge in [0.05, 0.1) is 33.8 Å². The third-order valence-corrected chi connectivity index (χ3v) is 14.0. The molecule has 0 radical (unpaired) electrons. The van der Waals surface area contributed by atoms with Crippen LogP contribution in [0.4, 0.5) is 0 Å². The molecule has 0 aliphatic heterocycles. The first-order chi connectivity index (χ1) is 33.9. The fourth-order valence-electron chi connectivity index (χ4n) is 8.48. The summed E-state index contributed by atoms with van der Waals surface area (Å²) in [5.41, 5.74) is 0. The Bertz CT molecular complexity index is 1340. The van der Waals surface area contributed by atoms with Gasteiger partial charge in [-0.05, 0) is 63.9 Å². The van der Waals surface area contributed by atoms with Gasteiger partial charge in [0.15, 0.2) is 0 Å². The molecule has 0 fully saturated rings. The number of allylic oxidation sites excluding steroid dienone is 7. The molecule has 0 aliphatic carbocycles. The predicted molar refractivity (Wildman–Crippen MR) is 300 cm³/mol. The Morgan fingerprint density at radius 2 is 0.914 bits per heavy atom. The number of ether oxygens (including phenoxy) is 1. The lowest BCUT2D eigenvalue weighted by molar-refractivity contribution is -0.870. The van der Waals surface area contributed by atoms with Gasteiger partial charge in [-0.1, -0.05) is 243 Å². The average molecular weight is 1010 g/mol. The Labute approximate surface area is 433 Å². The van der Waals surface area contributed by atoms with E-state index >= 15 is 0 Å². The molecular formula is C60H114N2O7P+. The van der Waals surface area contributed by atoms with Crippen molar-refractivity contribution < 1.29 is 37.3 Å². The maximum Gasteiger partial charge on any atom is 0.472 e. The summed E-state index contributed by atoms with van der Waals surface area (Å²) in [6.07, 6.45) is 61.0. The number of hydrogen-bond donors (Lipinski definition) is 2. The molecule has 2 N–H and O–H groups in total. The van der Waals surface area contributed by atoms with E-state index in [-0.39, 0.29) is 31.5 Å². The number of esters is 1. The van der Waals surface area contributed by atoms with Crippen molar-refractivity contribution in [3.05, 3.63) is 48.6 Å². The number of hydrogen-bond acceptors (Lipinski definition) is 6. The Morgan fingerprint density at radius 1 is 0.514 bits per heavy atom.